The average molecular weight is 266 g/mol. The number of aliphatic hydroxyl groups is 1. The van der Waals surface area contributed by atoms with Crippen molar-refractivity contribution in [1.29, 1.82) is 0 Å². The summed E-state index contributed by atoms with van der Waals surface area (Å²) in [6.45, 7) is 0.558. The highest BCUT2D eigenvalue weighted by atomic mass is 32.2. The molecule has 102 valence electrons. The molecule has 2 unspecified atom stereocenters. The van der Waals surface area contributed by atoms with Crippen molar-refractivity contribution in [1.82, 2.24) is 9.44 Å². The lowest BCUT2D eigenvalue weighted by atomic mass is 10.1. The van der Waals surface area contributed by atoms with Crippen molar-refractivity contribution < 1.29 is 18.3 Å². The van der Waals surface area contributed by atoms with Gasteiger partial charge in [-0.2, -0.15) is 17.9 Å². The first-order chi connectivity index (χ1) is 8.05. The normalized spacial score (nSPS) is 26.7. The maximum absolute atomic E-state index is 11.6. The number of methoxy groups -OCH3 is 1. The second-order valence-corrected chi connectivity index (χ2v) is 5.85. The number of ether oxygens (including phenoxy) is 1. The van der Waals surface area contributed by atoms with Gasteiger partial charge >= 0.3 is 0 Å². The minimum absolute atomic E-state index is 0.231. The summed E-state index contributed by atoms with van der Waals surface area (Å²) in [5.74, 6) is 0. The third-order valence-corrected chi connectivity index (χ3v) is 4.08. The number of nitrogens with one attached hydrogen (secondary N) is 2. The van der Waals surface area contributed by atoms with Crippen LogP contribution in [0.25, 0.3) is 0 Å². The summed E-state index contributed by atoms with van der Waals surface area (Å²) in [4.78, 5) is 0. The summed E-state index contributed by atoms with van der Waals surface area (Å²) in [6, 6.07) is -0.377. The molecule has 3 N–H and O–H groups in total. The third kappa shape index (κ3) is 5.78. The molecule has 17 heavy (non-hydrogen) atoms. The number of aliphatic hydroxyl groups excluding tert-OH is 1. The minimum Gasteiger partial charge on any atom is -0.391 e. The number of rotatable bonds is 6. The van der Waals surface area contributed by atoms with Gasteiger partial charge in [-0.05, 0) is 12.8 Å². The van der Waals surface area contributed by atoms with Gasteiger partial charge in [-0.3, -0.25) is 0 Å². The number of hydrogen-bond donors (Lipinski definition) is 3. The molecule has 1 aliphatic carbocycles. The van der Waals surface area contributed by atoms with E-state index in [1.807, 2.05) is 0 Å². The Balaban J connectivity index is 2.44. The van der Waals surface area contributed by atoms with Crippen LogP contribution in [0.5, 0.6) is 0 Å². The molecule has 1 saturated carbocycles. The fraction of sp³-hybridized carbons (Fsp3) is 1.00. The van der Waals surface area contributed by atoms with Gasteiger partial charge in [0.2, 0.25) is 0 Å². The highest BCUT2D eigenvalue weighted by molar-refractivity contribution is 7.87. The van der Waals surface area contributed by atoms with E-state index in [4.69, 9.17) is 4.74 Å². The SMILES string of the molecule is COCCNS(=O)(=O)NC1CCCCCC1O. The Morgan fingerprint density at radius 1 is 1.29 bits per heavy atom. The van der Waals surface area contributed by atoms with E-state index in [2.05, 4.69) is 9.44 Å². The first kappa shape index (κ1) is 14.8. The molecule has 0 aromatic rings. The Morgan fingerprint density at radius 3 is 2.71 bits per heavy atom. The standard InChI is InChI=1S/C10H22N2O4S/c1-16-8-7-11-17(14,15)12-9-5-3-2-4-6-10(9)13/h9-13H,2-8H2,1H3. The largest absolute Gasteiger partial charge is 0.391 e. The van der Waals surface area contributed by atoms with Crippen LogP contribution in [0.4, 0.5) is 0 Å². The Bertz CT molecular complexity index is 307. The molecular weight excluding hydrogens is 244 g/mol. The molecule has 2 atom stereocenters. The first-order valence-corrected chi connectivity index (χ1v) is 7.47. The Hall–Kier alpha value is -0.210. The van der Waals surface area contributed by atoms with Crippen LogP contribution < -0.4 is 9.44 Å². The van der Waals surface area contributed by atoms with Crippen molar-refractivity contribution >= 4 is 10.2 Å². The van der Waals surface area contributed by atoms with E-state index in [0.717, 1.165) is 19.3 Å². The van der Waals surface area contributed by atoms with Crippen LogP contribution >= 0.6 is 0 Å². The van der Waals surface area contributed by atoms with Crippen molar-refractivity contribution in [2.45, 2.75) is 44.2 Å². The molecule has 0 saturated heterocycles. The monoisotopic (exact) mass is 266 g/mol. The molecule has 6 nitrogen and oxygen atoms in total. The van der Waals surface area contributed by atoms with Crippen LogP contribution in [0.2, 0.25) is 0 Å². The molecule has 0 radical (unpaired) electrons. The molecular formula is C10H22N2O4S. The molecule has 0 aliphatic heterocycles. The number of hydrogen-bond acceptors (Lipinski definition) is 4. The van der Waals surface area contributed by atoms with Crippen LogP contribution in [0.3, 0.4) is 0 Å². The lowest BCUT2D eigenvalue weighted by Crippen LogP contribution is -2.48. The van der Waals surface area contributed by atoms with E-state index in [-0.39, 0.29) is 12.6 Å². The van der Waals surface area contributed by atoms with Crippen molar-refractivity contribution in [2.24, 2.45) is 0 Å². The van der Waals surface area contributed by atoms with E-state index in [9.17, 15) is 13.5 Å². The maximum atomic E-state index is 11.6. The summed E-state index contributed by atoms with van der Waals surface area (Å²) in [7, 11) is -2.03. The lowest BCUT2D eigenvalue weighted by molar-refractivity contribution is 0.130. The fourth-order valence-electron chi connectivity index (χ4n) is 1.94. The Kier molecular flexibility index (Phi) is 6.35. The minimum atomic E-state index is -3.54. The molecule has 1 aliphatic rings. The van der Waals surface area contributed by atoms with E-state index < -0.39 is 16.3 Å². The van der Waals surface area contributed by atoms with E-state index in [1.165, 1.54) is 7.11 Å². The molecule has 0 spiro atoms. The summed E-state index contributed by atoms with van der Waals surface area (Å²) in [6.07, 6.45) is 3.71. The molecule has 0 heterocycles. The van der Waals surface area contributed by atoms with Gasteiger partial charge in [0.25, 0.3) is 10.2 Å². The van der Waals surface area contributed by atoms with Crippen molar-refractivity contribution in [3.05, 3.63) is 0 Å². The van der Waals surface area contributed by atoms with Crippen molar-refractivity contribution in [3.8, 4) is 0 Å². The van der Waals surface area contributed by atoms with Gasteiger partial charge < -0.3 is 9.84 Å². The van der Waals surface area contributed by atoms with Gasteiger partial charge in [0, 0.05) is 19.7 Å². The zero-order chi connectivity index (χ0) is 12.7. The molecule has 1 fully saturated rings. The quantitative estimate of drug-likeness (QED) is 0.457. The highest BCUT2D eigenvalue weighted by Crippen LogP contribution is 2.18. The van der Waals surface area contributed by atoms with Gasteiger partial charge in [0.15, 0.2) is 0 Å². The molecule has 0 aromatic carbocycles. The second-order valence-electron chi connectivity index (χ2n) is 4.32. The second kappa shape index (κ2) is 7.27. The zero-order valence-electron chi connectivity index (χ0n) is 10.2. The summed E-state index contributed by atoms with van der Waals surface area (Å²) in [5.41, 5.74) is 0. The summed E-state index contributed by atoms with van der Waals surface area (Å²) >= 11 is 0. The Morgan fingerprint density at radius 2 is 2.00 bits per heavy atom. The molecule has 0 aromatic heterocycles. The first-order valence-electron chi connectivity index (χ1n) is 5.99. The van der Waals surface area contributed by atoms with Crippen molar-refractivity contribution in [2.75, 3.05) is 20.3 Å². The maximum Gasteiger partial charge on any atom is 0.277 e. The molecule has 7 heteroatoms. The van der Waals surface area contributed by atoms with Crippen LogP contribution in [-0.2, 0) is 14.9 Å². The van der Waals surface area contributed by atoms with E-state index >= 15 is 0 Å². The van der Waals surface area contributed by atoms with Crippen molar-refractivity contribution in [3.63, 3.8) is 0 Å². The van der Waals surface area contributed by atoms with Crippen LogP contribution in [0.1, 0.15) is 32.1 Å². The lowest BCUT2D eigenvalue weighted by Gasteiger charge is -2.21. The topological polar surface area (TPSA) is 87.7 Å². The van der Waals surface area contributed by atoms with Crippen LogP contribution in [0.15, 0.2) is 0 Å². The smallest absolute Gasteiger partial charge is 0.277 e. The fourth-order valence-corrected chi connectivity index (χ4v) is 3.05. The van der Waals surface area contributed by atoms with Gasteiger partial charge in [0.05, 0.1) is 12.7 Å². The van der Waals surface area contributed by atoms with E-state index in [1.54, 1.807) is 0 Å². The zero-order valence-corrected chi connectivity index (χ0v) is 11.0. The third-order valence-electron chi connectivity index (χ3n) is 2.88. The van der Waals surface area contributed by atoms with Crippen LogP contribution in [-0.4, -0.2) is 45.9 Å². The molecule has 1 rings (SSSR count). The predicted octanol–water partition coefficient (Wildman–Crippen LogP) is -0.250. The molecule has 0 bridgehead atoms. The van der Waals surface area contributed by atoms with Gasteiger partial charge in [-0.25, -0.2) is 0 Å². The molecule has 0 amide bonds. The van der Waals surface area contributed by atoms with Gasteiger partial charge in [-0.1, -0.05) is 19.3 Å². The van der Waals surface area contributed by atoms with Gasteiger partial charge in [0.1, 0.15) is 0 Å². The highest BCUT2D eigenvalue weighted by Gasteiger charge is 2.25. The average Bonchev–Trinajstić information content (AvgIpc) is 2.44. The van der Waals surface area contributed by atoms with Crippen LogP contribution in [0, 0.1) is 0 Å². The van der Waals surface area contributed by atoms with E-state index in [0.29, 0.717) is 19.4 Å². The summed E-state index contributed by atoms with van der Waals surface area (Å²) in [5, 5.41) is 9.80. The van der Waals surface area contributed by atoms with Gasteiger partial charge in [-0.15, -0.1) is 0 Å². The Labute approximate surface area is 103 Å². The predicted molar refractivity (Wildman–Crippen MR) is 64.8 cm³/mol. The summed E-state index contributed by atoms with van der Waals surface area (Å²) < 4.78 is 32.9.